The molecule has 0 spiro atoms. The van der Waals surface area contributed by atoms with E-state index in [4.69, 9.17) is 10.0 Å². The van der Waals surface area contributed by atoms with Gasteiger partial charge in [-0.25, -0.2) is 10.6 Å². The zero-order valence-corrected chi connectivity index (χ0v) is 33.5. The summed E-state index contributed by atoms with van der Waals surface area (Å²) in [6, 6.07) is -0.0112. The summed E-state index contributed by atoms with van der Waals surface area (Å²) in [6.45, 7) is 6.12. The van der Waals surface area contributed by atoms with E-state index in [9.17, 15) is 9.36 Å². The number of hydrogen-bond acceptors (Lipinski definition) is 4. The van der Waals surface area contributed by atoms with Crippen LogP contribution < -0.4 is 15.9 Å². The maximum Gasteiger partial charge on any atom is 0.337 e. The second-order valence-electron chi connectivity index (χ2n) is 14.3. The number of nitrogens with zero attached hydrogens (tertiary/aromatic N) is 1. The van der Waals surface area contributed by atoms with Crippen molar-refractivity contribution in [3.63, 3.8) is 0 Å². The fourth-order valence-corrected chi connectivity index (χ4v) is 6.71. The van der Waals surface area contributed by atoms with Gasteiger partial charge in [-0.15, -0.1) is 0 Å². The monoisotopic (exact) mass is 699 g/mol. The molecule has 0 heterocycles. The van der Waals surface area contributed by atoms with Gasteiger partial charge >= 0.3 is 7.67 Å². The van der Waals surface area contributed by atoms with Crippen LogP contribution >= 0.6 is 7.67 Å². The van der Waals surface area contributed by atoms with Crippen LogP contribution in [0.4, 0.5) is 0 Å². The number of unbranched alkanes of at least 4 members (excludes halogenated alkanes) is 25. The highest BCUT2D eigenvalue weighted by Crippen LogP contribution is 2.31. The first-order valence-corrected chi connectivity index (χ1v) is 22.4. The molecular weight excluding hydrogens is 615 g/mol. The topological polar surface area (TPSA) is 96.7 Å². The molecule has 0 fully saturated rings. The molecule has 48 heavy (non-hydrogen) atoms. The lowest BCUT2D eigenvalue weighted by Gasteiger charge is -2.22. The van der Waals surface area contributed by atoms with Crippen molar-refractivity contribution in [2.24, 2.45) is 5.50 Å². The van der Waals surface area contributed by atoms with Gasteiger partial charge < -0.3 is 14.7 Å². The highest BCUT2D eigenvalue weighted by Gasteiger charge is 2.17. The standard InChI is InChI=1S/C40H83N4O3P/c1-5-7-9-11-13-15-17-19-21-23-25-27-29-31-33-35-40(45)44(4)37-36-43-39(38-47-48(41,46)42-3)34-32-30-28-26-24-22-20-18-16-14-12-10-8-6-2/h30,32,39,43H,5-29,31,33-38H2,1-4H3,(H3,41,42,46). The maximum atomic E-state index is 12.7. The minimum atomic E-state index is -3.28. The van der Waals surface area contributed by atoms with Gasteiger partial charge in [0, 0.05) is 32.6 Å². The number of nitrogens with two attached hydrogens (primary N) is 1. The van der Waals surface area contributed by atoms with Gasteiger partial charge in [-0.1, -0.05) is 180 Å². The third kappa shape index (κ3) is 33.8. The highest BCUT2D eigenvalue weighted by atomic mass is 31.2. The minimum Gasteiger partial charge on any atom is -0.344 e. The zero-order valence-electron chi connectivity index (χ0n) is 32.6. The van der Waals surface area contributed by atoms with E-state index in [1.54, 1.807) is 7.05 Å². The molecule has 0 aromatic heterocycles. The molecule has 8 heteroatoms. The number of likely N-dealkylation sites (N-methyl/N-ethyl adjacent to an activating group) is 1. The van der Waals surface area contributed by atoms with Crippen LogP contribution in [-0.4, -0.2) is 50.6 Å². The van der Waals surface area contributed by atoms with E-state index in [0.29, 0.717) is 19.5 Å². The van der Waals surface area contributed by atoms with Crippen LogP contribution in [0, 0.1) is 0 Å². The van der Waals surface area contributed by atoms with Crippen molar-refractivity contribution in [3.8, 4) is 0 Å². The molecule has 0 aromatic carbocycles. The summed E-state index contributed by atoms with van der Waals surface area (Å²) in [4.78, 5) is 14.5. The lowest BCUT2D eigenvalue weighted by molar-refractivity contribution is -0.130. The molecule has 0 saturated carbocycles. The molecule has 0 aliphatic heterocycles. The molecule has 0 aromatic rings. The van der Waals surface area contributed by atoms with Gasteiger partial charge in [-0.3, -0.25) is 9.36 Å². The second-order valence-corrected chi connectivity index (χ2v) is 16.2. The van der Waals surface area contributed by atoms with Crippen LogP contribution in [0.5, 0.6) is 0 Å². The summed E-state index contributed by atoms with van der Waals surface area (Å²) in [5, 5.41) is 6.07. The summed E-state index contributed by atoms with van der Waals surface area (Å²) >= 11 is 0. The Bertz CT molecular complexity index is 767. The van der Waals surface area contributed by atoms with E-state index in [2.05, 4.69) is 36.4 Å². The molecule has 0 radical (unpaired) electrons. The molecule has 0 aliphatic carbocycles. The van der Waals surface area contributed by atoms with Crippen LogP contribution in [0.25, 0.3) is 0 Å². The van der Waals surface area contributed by atoms with Gasteiger partial charge in [0.25, 0.3) is 0 Å². The second kappa shape index (κ2) is 36.1. The average molecular weight is 699 g/mol. The van der Waals surface area contributed by atoms with Crippen molar-refractivity contribution in [2.75, 3.05) is 33.8 Å². The Hall–Kier alpha value is -0.720. The van der Waals surface area contributed by atoms with Gasteiger partial charge in [-0.2, -0.15) is 0 Å². The van der Waals surface area contributed by atoms with Crippen LogP contribution in [0.2, 0.25) is 0 Å². The van der Waals surface area contributed by atoms with E-state index in [-0.39, 0.29) is 18.6 Å². The third-order valence-corrected chi connectivity index (χ3v) is 10.8. The molecular formula is C40H83N4O3P. The predicted octanol–water partition coefficient (Wildman–Crippen LogP) is 11.6. The van der Waals surface area contributed by atoms with Crippen molar-refractivity contribution in [3.05, 3.63) is 12.2 Å². The average Bonchev–Trinajstić information content (AvgIpc) is 3.08. The zero-order chi connectivity index (χ0) is 35.4. The summed E-state index contributed by atoms with van der Waals surface area (Å²) in [5.41, 5.74) is 5.71. The van der Waals surface area contributed by atoms with E-state index in [1.807, 2.05) is 11.9 Å². The fourth-order valence-electron chi connectivity index (χ4n) is 6.18. The molecule has 286 valence electrons. The first-order valence-electron chi connectivity index (χ1n) is 20.7. The highest BCUT2D eigenvalue weighted by molar-refractivity contribution is 7.54. The normalized spacial score (nSPS) is 13.7. The predicted molar refractivity (Wildman–Crippen MR) is 211 cm³/mol. The molecule has 0 aliphatic rings. The smallest absolute Gasteiger partial charge is 0.337 e. The Kier molecular flexibility index (Phi) is 35.5. The maximum absolute atomic E-state index is 12.7. The molecule has 1 amide bonds. The van der Waals surface area contributed by atoms with Crippen molar-refractivity contribution in [1.82, 2.24) is 15.3 Å². The van der Waals surface area contributed by atoms with Crippen LogP contribution in [0.1, 0.15) is 200 Å². The van der Waals surface area contributed by atoms with Crippen molar-refractivity contribution < 1.29 is 13.9 Å². The molecule has 0 rings (SSSR count). The van der Waals surface area contributed by atoms with Gasteiger partial charge in [-0.05, 0) is 32.7 Å². The van der Waals surface area contributed by atoms with E-state index >= 15 is 0 Å². The number of carbonyl (C=O) groups is 1. The van der Waals surface area contributed by atoms with Gasteiger partial charge in [0.05, 0.1) is 6.61 Å². The molecule has 0 saturated heterocycles. The Morgan fingerprint density at radius 2 is 1.10 bits per heavy atom. The molecule has 4 N–H and O–H groups in total. The largest absolute Gasteiger partial charge is 0.344 e. The van der Waals surface area contributed by atoms with Gasteiger partial charge in [0.15, 0.2) is 0 Å². The van der Waals surface area contributed by atoms with E-state index < -0.39 is 7.67 Å². The molecule has 7 nitrogen and oxygen atoms in total. The summed E-state index contributed by atoms with van der Waals surface area (Å²) in [7, 11) is 0.162. The van der Waals surface area contributed by atoms with Crippen molar-refractivity contribution >= 4 is 13.6 Å². The van der Waals surface area contributed by atoms with Crippen molar-refractivity contribution in [2.45, 2.75) is 206 Å². The Morgan fingerprint density at radius 1 is 0.688 bits per heavy atom. The third-order valence-electron chi connectivity index (χ3n) is 9.64. The number of amides is 1. The Morgan fingerprint density at radius 3 is 1.54 bits per heavy atom. The Balaban J connectivity index is 4.01. The number of hydrogen-bond donors (Lipinski definition) is 3. The number of rotatable bonds is 38. The van der Waals surface area contributed by atoms with Crippen molar-refractivity contribution in [1.29, 1.82) is 0 Å². The fraction of sp³-hybridized carbons (Fsp3) is 0.925. The summed E-state index contributed by atoms with van der Waals surface area (Å²) < 4.78 is 17.7. The van der Waals surface area contributed by atoms with E-state index in [0.717, 1.165) is 25.7 Å². The van der Waals surface area contributed by atoms with Gasteiger partial charge in [0.2, 0.25) is 5.91 Å². The molecule has 0 bridgehead atoms. The minimum absolute atomic E-state index is 0.0112. The van der Waals surface area contributed by atoms with Crippen LogP contribution in [-0.2, 0) is 13.9 Å². The van der Waals surface area contributed by atoms with Crippen LogP contribution in [0.3, 0.4) is 0 Å². The lowest BCUT2D eigenvalue weighted by atomic mass is 10.0. The first-order chi connectivity index (χ1) is 23.4. The van der Waals surface area contributed by atoms with Crippen LogP contribution in [0.15, 0.2) is 12.2 Å². The number of carbonyl (C=O) groups excluding carboxylic acids is 1. The first kappa shape index (κ1) is 47.3. The number of allylic oxidation sites excluding steroid dienone is 1. The molecule has 2 atom stereocenters. The quantitative estimate of drug-likeness (QED) is 0.0337. The summed E-state index contributed by atoms with van der Waals surface area (Å²) in [5.74, 6) is 0.216. The Labute approximate surface area is 299 Å². The van der Waals surface area contributed by atoms with Gasteiger partial charge in [0.1, 0.15) is 0 Å². The SMILES string of the molecule is CCCCCCCCCCCCCC=CCC(COP(N)(=O)NC)NCCN(C)C(=O)CCCCCCCCCCCCCCCCC. The van der Waals surface area contributed by atoms with E-state index in [1.165, 1.54) is 154 Å². The lowest BCUT2D eigenvalue weighted by Crippen LogP contribution is -2.40. The number of nitrogens with one attached hydrogen (secondary N) is 2. The summed E-state index contributed by atoms with van der Waals surface area (Å²) in [6.07, 6.45) is 41.9. The molecule has 2 unspecified atom stereocenters.